The third-order valence-electron chi connectivity index (χ3n) is 2.87. The lowest BCUT2D eigenvalue weighted by Crippen LogP contribution is -2.13. The molecule has 9 nitrogen and oxygen atoms in total. The highest BCUT2D eigenvalue weighted by Gasteiger charge is 2.30. The van der Waals surface area contributed by atoms with E-state index in [0.717, 1.165) is 18.2 Å². The van der Waals surface area contributed by atoms with E-state index in [4.69, 9.17) is 4.18 Å². The Kier molecular flexibility index (Phi) is 4.27. The van der Waals surface area contributed by atoms with Crippen molar-refractivity contribution in [2.24, 2.45) is 0 Å². The van der Waals surface area contributed by atoms with Gasteiger partial charge in [0.1, 0.15) is 5.75 Å². The molecule has 0 unspecified atom stereocenters. The van der Waals surface area contributed by atoms with Gasteiger partial charge >= 0.3 is 10.1 Å². The van der Waals surface area contributed by atoms with Crippen LogP contribution in [0.25, 0.3) is 0 Å². The molecule has 0 N–H and O–H groups in total. The van der Waals surface area contributed by atoms with Gasteiger partial charge < -0.3 is 4.18 Å². The third-order valence-corrected chi connectivity index (χ3v) is 4.32. The average Bonchev–Trinajstić information content (AvgIpc) is 2.46. The summed E-state index contributed by atoms with van der Waals surface area (Å²) in [6, 6.07) is 8.30. The average molecular weight is 338 g/mol. The number of rotatable bonds is 5. The van der Waals surface area contributed by atoms with Gasteiger partial charge in [0.05, 0.1) is 15.9 Å². The van der Waals surface area contributed by atoms with E-state index in [2.05, 4.69) is 0 Å². The summed E-state index contributed by atoms with van der Waals surface area (Å²) in [5, 5.41) is 21.7. The van der Waals surface area contributed by atoms with E-state index in [1.165, 1.54) is 31.2 Å². The van der Waals surface area contributed by atoms with E-state index in [1.807, 2.05) is 0 Å². The molecule has 2 rings (SSSR count). The summed E-state index contributed by atoms with van der Waals surface area (Å²) in [6.45, 7) is 1.39. The van der Waals surface area contributed by atoms with Crippen LogP contribution < -0.4 is 4.18 Å². The molecule has 2 aromatic rings. The van der Waals surface area contributed by atoms with E-state index in [0.29, 0.717) is 0 Å². The van der Waals surface area contributed by atoms with Crippen molar-refractivity contribution < 1.29 is 22.4 Å². The number of benzene rings is 2. The molecule has 0 aliphatic rings. The van der Waals surface area contributed by atoms with Crippen molar-refractivity contribution >= 4 is 21.5 Å². The number of nitro groups is 2. The number of aryl methyl sites for hydroxylation is 1. The largest absolute Gasteiger partial charge is 0.379 e. The van der Waals surface area contributed by atoms with Crippen LogP contribution in [0.3, 0.4) is 0 Å². The predicted octanol–water partition coefficient (Wildman–Crippen LogP) is 2.58. The second-order valence-corrected chi connectivity index (χ2v) is 5.96. The molecule has 0 bridgehead atoms. The Bertz CT molecular complexity index is 893. The van der Waals surface area contributed by atoms with Crippen molar-refractivity contribution in [1.29, 1.82) is 0 Å². The Morgan fingerprint density at radius 1 is 1.00 bits per heavy atom. The molecule has 10 heteroatoms. The highest BCUT2D eigenvalue weighted by atomic mass is 32.2. The molecule has 120 valence electrons. The molecule has 0 aliphatic carbocycles. The van der Waals surface area contributed by atoms with Crippen LogP contribution >= 0.6 is 0 Å². The molecule has 0 heterocycles. The van der Waals surface area contributed by atoms with Gasteiger partial charge in [0.15, 0.2) is 4.90 Å². The third kappa shape index (κ3) is 3.43. The molecule has 0 saturated carbocycles. The maximum absolute atomic E-state index is 12.3. The van der Waals surface area contributed by atoms with Crippen LogP contribution in [-0.2, 0) is 10.1 Å². The normalized spacial score (nSPS) is 11.0. The minimum Gasteiger partial charge on any atom is -0.379 e. The van der Waals surface area contributed by atoms with Crippen LogP contribution in [0.2, 0.25) is 0 Å². The zero-order valence-electron chi connectivity index (χ0n) is 11.7. The fourth-order valence-corrected chi connectivity index (χ4v) is 3.22. The van der Waals surface area contributed by atoms with Crippen molar-refractivity contribution in [3.05, 3.63) is 68.3 Å². The molecule has 23 heavy (non-hydrogen) atoms. The van der Waals surface area contributed by atoms with E-state index < -0.39 is 30.5 Å². The van der Waals surface area contributed by atoms with Crippen molar-refractivity contribution in [3.63, 3.8) is 0 Å². The molecular weight excluding hydrogens is 328 g/mol. The van der Waals surface area contributed by atoms with Gasteiger partial charge in [0, 0.05) is 12.1 Å². The van der Waals surface area contributed by atoms with Crippen LogP contribution in [-0.4, -0.2) is 18.3 Å². The van der Waals surface area contributed by atoms with Crippen LogP contribution in [0.1, 0.15) is 5.56 Å². The number of nitro benzene ring substituents is 2. The Hall–Kier alpha value is -3.01. The van der Waals surface area contributed by atoms with Crippen LogP contribution in [0.15, 0.2) is 47.4 Å². The number of hydrogen-bond donors (Lipinski definition) is 0. The molecule has 0 atom stereocenters. The van der Waals surface area contributed by atoms with Crippen molar-refractivity contribution in [3.8, 4) is 5.75 Å². The van der Waals surface area contributed by atoms with Gasteiger partial charge in [-0.25, -0.2) is 0 Å². The highest BCUT2D eigenvalue weighted by Crippen LogP contribution is 2.30. The lowest BCUT2D eigenvalue weighted by molar-refractivity contribution is -0.388. The van der Waals surface area contributed by atoms with Gasteiger partial charge in [0.2, 0.25) is 0 Å². The summed E-state index contributed by atoms with van der Waals surface area (Å²) in [4.78, 5) is 19.6. The second kappa shape index (κ2) is 6.01. The highest BCUT2D eigenvalue weighted by molar-refractivity contribution is 7.87. The van der Waals surface area contributed by atoms with Crippen LogP contribution in [0.4, 0.5) is 11.4 Å². The van der Waals surface area contributed by atoms with Gasteiger partial charge in [0.25, 0.3) is 11.4 Å². The zero-order valence-corrected chi connectivity index (χ0v) is 12.5. The first-order valence-electron chi connectivity index (χ1n) is 6.15. The molecule has 0 saturated heterocycles. The number of non-ortho nitro benzene ring substituents is 1. The molecule has 0 radical (unpaired) electrons. The van der Waals surface area contributed by atoms with E-state index >= 15 is 0 Å². The van der Waals surface area contributed by atoms with Crippen molar-refractivity contribution in [2.75, 3.05) is 0 Å². The molecular formula is C13H10N2O7S. The Morgan fingerprint density at radius 2 is 1.65 bits per heavy atom. The van der Waals surface area contributed by atoms with Gasteiger partial charge in [-0.1, -0.05) is 18.2 Å². The van der Waals surface area contributed by atoms with Crippen LogP contribution in [0.5, 0.6) is 5.75 Å². The molecule has 0 fully saturated rings. The van der Waals surface area contributed by atoms with E-state index in [-0.39, 0.29) is 17.0 Å². The summed E-state index contributed by atoms with van der Waals surface area (Å²) < 4.78 is 29.5. The van der Waals surface area contributed by atoms with Crippen molar-refractivity contribution in [1.82, 2.24) is 0 Å². The van der Waals surface area contributed by atoms with Gasteiger partial charge in [-0.05, 0) is 18.6 Å². The van der Waals surface area contributed by atoms with Gasteiger partial charge in [-0.15, -0.1) is 0 Å². The minimum absolute atomic E-state index is 0.129. The molecule has 2 aromatic carbocycles. The van der Waals surface area contributed by atoms with Crippen molar-refractivity contribution in [2.45, 2.75) is 11.8 Å². The van der Waals surface area contributed by atoms with Gasteiger partial charge in [-0.2, -0.15) is 8.42 Å². The molecule has 0 aliphatic heterocycles. The van der Waals surface area contributed by atoms with Crippen LogP contribution in [0, 0.1) is 27.2 Å². The summed E-state index contributed by atoms with van der Waals surface area (Å²) in [5.74, 6) is -0.309. The number of hydrogen-bond acceptors (Lipinski definition) is 7. The molecule has 0 spiro atoms. The quantitative estimate of drug-likeness (QED) is 0.465. The smallest absolute Gasteiger partial charge is 0.346 e. The fourth-order valence-electron chi connectivity index (χ4n) is 1.92. The Balaban J connectivity index is 2.50. The summed E-state index contributed by atoms with van der Waals surface area (Å²) in [6.07, 6.45) is 0. The van der Waals surface area contributed by atoms with E-state index in [1.54, 1.807) is 0 Å². The predicted molar refractivity (Wildman–Crippen MR) is 78.7 cm³/mol. The Labute approximate surface area is 130 Å². The SMILES string of the molecule is Cc1cccc([N+](=O)[O-])c1S(=O)(=O)Oc1cccc([N+](=O)[O-])c1. The molecule has 0 aromatic heterocycles. The first kappa shape index (κ1) is 16.4. The number of nitrogens with zero attached hydrogens (tertiary/aromatic N) is 2. The summed E-state index contributed by atoms with van der Waals surface area (Å²) >= 11 is 0. The topological polar surface area (TPSA) is 130 Å². The first-order valence-corrected chi connectivity index (χ1v) is 7.56. The lowest BCUT2D eigenvalue weighted by atomic mass is 10.2. The Morgan fingerprint density at radius 3 is 2.26 bits per heavy atom. The molecule has 0 amide bonds. The lowest BCUT2D eigenvalue weighted by Gasteiger charge is -2.09. The summed E-state index contributed by atoms with van der Waals surface area (Å²) in [5.41, 5.74) is -0.864. The van der Waals surface area contributed by atoms with Gasteiger partial charge in [-0.3, -0.25) is 20.2 Å². The fraction of sp³-hybridized carbons (Fsp3) is 0.0769. The minimum atomic E-state index is -4.53. The maximum Gasteiger partial charge on any atom is 0.346 e. The summed E-state index contributed by atoms with van der Waals surface area (Å²) in [7, 11) is -4.53. The zero-order chi connectivity index (χ0) is 17.2. The monoisotopic (exact) mass is 338 g/mol. The first-order chi connectivity index (χ1) is 10.7. The standard InChI is InChI=1S/C13H10N2O7S/c1-9-4-2-7-12(15(18)19)13(9)23(20,21)22-11-6-3-5-10(8-11)14(16)17/h2-8H,1H3. The maximum atomic E-state index is 12.3. The second-order valence-electron chi connectivity index (χ2n) is 4.47. The van der Waals surface area contributed by atoms with E-state index in [9.17, 15) is 28.6 Å².